The van der Waals surface area contributed by atoms with E-state index in [0.29, 0.717) is 0 Å². The molecule has 1 aromatic heterocycles. The zero-order valence-corrected chi connectivity index (χ0v) is 7.16. The summed E-state index contributed by atoms with van der Waals surface area (Å²) in [4.78, 5) is 2.40. The van der Waals surface area contributed by atoms with Gasteiger partial charge in [0.2, 0.25) is 0 Å². The normalized spacial score (nSPS) is 18.7. The fourth-order valence-electron chi connectivity index (χ4n) is 1.29. The van der Waals surface area contributed by atoms with Crippen molar-refractivity contribution in [2.24, 2.45) is 0 Å². The summed E-state index contributed by atoms with van der Waals surface area (Å²) < 4.78 is 0. The Labute approximate surface area is 70.8 Å². The van der Waals surface area contributed by atoms with Crippen LogP contribution in [0.2, 0.25) is 0 Å². The second-order valence-corrected chi connectivity index (χ2v) is 3.49. The van der Waals surface area contributed by atoms with Crippen LogP contribution in [0.4, 0.5) is 5.00 Å². The van der Waals surface area contributed by atoms with Crippen LogP contribution in [0, 0.1) is 5.38 Å². The van der Waals surface area contributed by atoms with Crippen molar-refractivity contribution in [2.45, 2.75) is 0 Å². The molecule has 1 aliphatic heterocycles. The molecule has 59 valence electrons. The van der Waals surface area contributed by atoms with Crippen molar-refractivity contribution in [3.63, 3.8) is 0 Å². The highest BCUT2D eigenvalue weighted by Gasteiger charge is 2.09. The van der Waals surface area contributed by atoms with Gasteiger partial charge < -0.3 is 10.2 Å². The molecule has 1 aromatic rings. The van der Waals surface area contributed by atoms with E-state index < -0.39 is 0 Å². The molecule has 0 aromatic carbocycles. The molecule has 0 saturated carbocycles. The zero-order valence-electron chi connectivity index (χ0n) is 6.34. The van der Waals surface area contributed by atoms with Crippen LogP contribution in [0.25, 0.3) is 0 Å². The van der Waals surface area contributed by atoms with Crippen LogP contribution in [0.5, 0.6) is 0 Å². The Balaban J connectivity index is 2.04. The number of hydrogen-bond acceptors (Lipinski definition) is 3. The lowest BCUT2D eigenvalue weighted by Gasteiger charge is -2.27. The average Bonchev–Trinajstić information content (AvgIpc) is 2.58. The quantitative estimate of drug-likeness (QED) is 0.670. The van der Waals surface area contributed by atoms with Crippen LogP contribution in [0.15, 0.2) is 12.1 Å². The van der Waals surface area contributed by atoms with Gasteiger partial charge in [0.1, 0.15) is 0 Å². The zero-order chi connectivity index (χ0) is 7.52. The third kappa shape index (κ3) is 1.54. The predicted octanol–water partition coefficient (Wildman–Crippen LogP) is 0.958. The highest BCUT2D eigenvalue weighted by molar-refractivity contribution is 7.13. The molecule has 3 heteroatoms. The Hall–Kier alpha value is -0.540. The number of nitrogens with one attached hydrogen (secondary N) is 1. The molecule has 0 bridgehead atoms. The van der Waals surface area contributed by atoms with Crippen molar-refractivity contribution in [2.75, 3.05) is 31.1 Å². The summed E-state index contributed by atoms with van der Waals surface area (Å²) in [6.45, 7) is 4.48. The van der Waals surface area contributed by atoms with Crippen molar-refractivity contribution in [3.8, 4) is 0 Å². The standard InChI is InChI=1S/C8H11N2S/c1-2-8(11-7-1)10-5-3-9-4-6-10/h1-2,9H,3-6H2. The minimum Gasteiger partial charge on any atom is -0.361 e. The topological polar surface area (TPSA) is 15.3 Å². The van der Waals surface area contributed by atoms with Gasteiger partial charge in [-0.3, -0.25) is 0 Å². The fourth-order valence-corrected chi connectivity index (χ4v) is 1.99. The summed E-state index contributed by atoms with van der Waals surface area (Å²) in [5.41, 5.74) is 0. The monoisotopic (exact) mass is 167 g/mol. The maximum absolute atomic E-state index is 3.33. The molecular weight excluding hydrogens is 156 g/mol. The summed E-state index contributed by atoms with van der Waals surface area (Å²) in [6, 6.07) is 4.12. The van der Waals surface area contributed by atoms with Gasteiger partial charge >= 0.3 is 0 Å². The SMILES string of the molecule is [c]1ccc(N2CCNCC2)s1. The molecular formula is C8H11N2S. The lowest BCUT2D eigenvalue weighted by Crippen LogP contribution is -2.43. The molecule has 1 fully saturated rings. The van der Waals surface area contributed by atoms with E-state index in [9.17, 15) is 0 Å². The largest absolute Gasteiger partial charge is 0.361 e. The van der Waals surface area contributed by atoms with E-state index in [1.165, 1.54) is 5.00 Å². The number of piperazine rings is 1. The first-order chi connectivity index (χ1) is 5.47. The van der Waals surface area contributed by atoms with E-state index in [-0.39, 0.29) is 0 Å². The minimum absolute atomic E-state index is 1.11. The third-order valence-electron chi connectivity index (χ3n) is 1.89. The molecule has 2 nitrogen and oxygen atoms in total. The molecule has 1 aliphatic rings. The molecule has 0 spiro atoms. The average molecular weight is 167 g/mol. The van der Waals surface area contributed by atoms with E-state index in [0.717, 1.165) is 26.2 Å². The lowest BCUT2D eigenvalue weighted by atomic mass is 10.4. The third-order valence-corrected chi connectivity index (χ3v) is 2.74. The van der Waals surface area contributed by atoms with Gasteiger partial charge in [-0.25, -0.2) is 0 Å². The Bertz CT molecular complexity index is 202. The Morgan fingerprint density at radius 2 is 2.27 bits per heavy atom. The number of nitrogens with zero attached hydrogens (tertiary/aromatic N) is 1. The summed E-state index contributed by atoms with van der Waals surface area (Å²) in [7, 11) is 0. The molecule has 0 aliphatic carbocycles. The molecule has 0 atom stereocenters. The smallest absolute Gasteiger partial charge is 0.0916 e. The van der Waals surface area contributed by atoms with Crippen molar-refractivity contribution in [1.29, 1.82) is 0 Å². The Morgan fingerprint density at radius 3 is 2.91 bits per heavy atom. The molecule has 11 heavy (non-hydrogen) atoms. The second kappa shape index (κ2) is 3.24. The van der Waals surface area contributed by atoms with E-state index >= 15 is 0 Å². The number of rotatable bonds is 1. The van der Waals surface area contributed by atoms with E-state index in [2.05, 4.69) is 21.7 Å². The highest BCUT2D eigenvalue weighted by Crippen LogP contribution is 2.20. The van der Waals surface area contributed by atoms with Gasteiger partial charge in [-0.2, -0.15) is 0 Å². The molecule has 1 N–H and O–H groups in total. The minimum atomic E-state index is 1.11. The molecule has 2 rings (SSSR count). The van der Waals surface area contributed by atoms with Crippen LogP contribution >= 0.6 is 11.3 Å². The molecule has 1 saturated heterocycles. The van der Waals surface area contributed by atoms with Crippen LogP contribution in [0.3, 0.4) is 0 Å². The van der Waals surface area contributed by atoms with Crippen molar-refractivity contribution < 1.29 is 0 Å². The molecule has 0 amide bonds. The van der Waals surface area contributed by atoms with Crippen LogP contribution in [-0.2, 0) is 0 Å². The van der Waals surface area contributed by atoms with Crippen molar-refractivity contribution in [3.05, 3.63) is 17.5 Å². The summed E-state index contributed by atoms with van der Waals surface area (Å²) >= 11 is 1.70. The maximum atomic E-state index is 3.33. The van der Waals surface area contributed by atoms with Gasteiger partial charge in [0.05, 0.1) is 5.00 Å². The van der Waals surface area contributed by atoms with Gasteiger partial charge in [-0.05, 0) is 12.1 Å². The van der Waals surface area contributed by atoms with Crippen LogP contribution < -0.4 is 10.2 Å². The second-order valence-electron chi connectivity index (χ2n) is 2.63. The van der Waals surface area contributed by atoms with Crippen LogP contribution in [-0.4, -0.2) is 26.2 Å². The Morgan fingerprint density at radius 1 is 1.45 bits per heavy atom. The molecule has 0 unspecified atom stereocenters. The number of thiophene rings is 1. The molecule has 1 radical (unpaired) electrons. The van der Waals surface area contributed by atoms with E-state index in [1.807, 2.05) is 6.07 Å². The first-order valence-electron chi connectivity index (χ1n) is 3.88. The highest BCUT2D eigenvalue weighted by atomic mass is 32.1. The fraction of sp³-hybridized carbons (Fsp3) is 0.500. The summed E-state index contributed by atoms with van der Waals surface area (Å²) in [5.74, 6) is 0. The van der Waals surface area contributed by atoms with Gasteiger partial charge in [0.25, 0.3) is 0 Å². The first-order valence-corrected chi connectivity index (χ1v) is 4.70. The lowest BCUT2D eigenvalue weighted by molar-refractivity contribution is 0.592. The van der Waals surface area contributed by atoms with Gasteiger partial charge in [0, 0.05) is 31.6 Å². The van der Waals surface area contributed by atoms with Crippen molar-refractivity contribution >= 4 is 16.3 Å². The maximum Gasteiger partial charge on any atom is 0.0916 e. The van der Waals surface area contributed by atoms with Gasteiger partial charge in [-0.15, -0.1) is 11.3 Å². The number of hydrogen-bond donors (Lipinski definition) is 1. The summed E-state index contributed by atoms with van der Waals surface area (Å²) in [5, 5.41) is 7.79. The first kappa shape index (κ1) is 7.13. The summed E-state index contributed by atoms with van der Waals surface area (Å²) in [6.07, 6.45) is 0. The van der Waals surface area contributed by atoms with E-state index in [1.54, 1.807) is 11.3 Å². The molecule has 2 heterocycles. The van der Waals surface area contributed by atoms with Crippen molar-refractivity contribution in [1.82, 2.24) is 5.32 Å². The Kier molecular flexibility index (Phi) is 2.10. The van der Waals surface area contributed by atoms with Gasteiger partial charge in [0.15, 0.2) is 0 Å². The number of anilines is 1. The predicted molar refractivity (Wildman–Crippen MR) is 48.2 cm³/mol. The van der Waals surface area contributed by atoms with Crippen LogP contribution in [0.1, 0.15) is 0 Å². The van der Waals surface area contributed by atoms with Gasteiger partial charge in [-0.1, -0.05) is 0 Å². The van der Waals surface area contributed by atoms with E-state index in [4.69, 9.17) is 0 Å².